The van der Waals surface area contributed by atoms with Crippen molar-refractivity contribution in [3.63, 3.8) is 0 Å². The van der Waals surface area contributed by atoms with Crippen LogP contribution in [0.1, 0.15) is 51.2 Å². The molecule has 2 aliphatic rings. The van der Waals surface area contributed by atoms with Crippen molar-refractivity contribution in [1.29, 1.82) is 0 Å². The van der Waals surface area contributed by atoms with Crippen molar-refractivity contribution in [1.82, 2.24) is 10.8 Å². The van der Waals surface area contributed by atoms with E-state index in [1.54, 1.807) is 0 Å². The van der Waals surface area contributed by atoms with Crippen LogP contribution in [0.4, 0.5) is 0 Å². The summed E-state index contributed by atoms with van der Waals surface area (Å²) >= 11 is 0. The number of aryl methyl sites for hydroxylation is 1. The number of hydroxylamine groups is 1. The van der Waals surface area contributed by atoms with Crippen LogP contribution in [0.25, 0.3) is 0 Å². The lowest BCUT2D eigenvalue weighted by atomic mass is 10.0. The Morgan fingerprint density at radius 3 is 2.48 bits per heavy atom. The minimum atomic E-state index is -0.192. The van der Waals surface area contributed by atoms with Crippen LogP contribution in [0.15, 0.2) is 52.7 Å². The summed E-state index contributed by atoms with van der Waals surface area (Å²) in [5, 5.41) is 13.1. The van der Waals surface area contributed by atoms with Gasteiger partial charge in [-0.2, -0.15) is 0 Å². The van der Waals surface area contributed by atoms with E-state index in [0.29, 0.717) is 11.6 Å². The van der Waals surface area contributed by atoms with Crippen LogP contribution in [-0.4, -0.2) is 17.1 Å². The van der Waals surface area contributed by atoms with E-state index in [1.165, 1.54) is 11.1 Å². The molecule has 0 amide bonds. The molecule has 0 aromatic heterocycles. The number of allylic oxidation sites excluding steroid dienone is 3. The Hall–Kier alpha value is -1.91. The second-order valence-electron chi connectivity index (χ2n) is 7.42. The zero-order chi connectivity index (χ0) is 18.1. The predicted molar refractivity (Wildman–Crippen MR) is 103 cm³/mol. The van der Waals surface area contributed by atoms with Gasteiger partial charge >= 0.3 is 0 Å². The van der Waals surface area contributed by atoms with Crippen LogP contribution < -0.4 is 10.8 Å². The Balaban J connectivity index is 1.80. The minimum Gasteiger partial charge on any atom is -0.291 e. The second kappa shape index (κ2) is 6.77. The van der Waals surface area contributed by atoms with E-state index in [9.17, 15) is 5.21 Å². The molecule has 1 aromatic carbocycles. The molecule has 0 saturated heterocycles. The molecule has 2 fully saturated rings. The molecule has 0 bridgehead atoms. The van der Waals surface area contributed by atoms with Crippen molar-refractivity contribution in [2.24, 2.45) is 10.9 Å². The van der Waals surface area contributed by atoms with Gasteiger partial charge in [-0.1, -0.05) is 48.9 Å². The Labute approximate surface area is 150 Å². The first kappa shape index (κ1) is 17.9. The monoisotopic (exact) mass is 339 g/mol. The zero-order valence-corrected chi connectivity index (χ0v) is 15.6. The van der Waals surface area contributed by atoms with E-state index in [1.807, 2.05) is 32.2 Å². The number of nitrogens with zero attached hydrogens (tertiary/aromatic N) is 1. The van der Waals surface area contributed by atoms with Crippen molar-refractivity contribution in [2.75, 3.05) is 0 Å². The van der Waals surface area contributed by atoms with Crippen LogP contribution >= 0.6 is 0 Å². The van der Waals surface area contributed by atoms with Gasteiger partial charge in [0.2, 0.25) is 0 Å². The lowest BCUT2D eigenvalue weighted by Crippen LogP contribution is -2.40. The predicted octanol–water partition coefficient (Wildman–Crippen LogP) is 4.21. The Morgan fingerprint density at radius 2 is 2.00 bits per heavy atom. The fourth-order valence-electron chi connectivity index (χ4n) is 3.54. The lowest BCUT2D eigenvalue weighted by molar-refractivity contribution is 0.204. The summed E-state index contributed by atoms with van der Waals surface area (Å²) in [4.78, 5) is 4.91. The van der Waals surface area contributed by atoms with Gasteiger partial charge in [-0.25, -0.2) is 0 Å². The molecule has 3 N–H and O–H groups in total. The molecular weight excluding hydrogens is 310 g/mol. The van der Waals surface area contributed by atoms with Crippen molar-refractivity contribution in [3.8, 4) is 0 Å². The molecule has 2 saturated carbocycles. The largest absolute Gasteiger partial charge is 0.291 e. The molecule has 0 spiro atoms. The highest BCUT2D eigenvalue weighted by Crippen LogP contribution is 2.54. The van der Waals surface area contributed by atoms with Crippen molar-refractivity contribution in [2.45, 2.75) is 58.2 Å². The number of nitrogens with one attached hydrogen (secondary N) is 2. The van der Waals surface area contributed by atoms with Crippen LogP contribution in [-0.2, 0) is 5.54 Å². The topological polar surface area (TPSA) is 56.6 Å². The summed E-state index contributed by atoms with van der Waals surface area (Å²) in [5.74, 6) is 0.514. The third kappa shape index (κ3) is 3.55. The lowest BCUT2D eigenvalue weighted by Gasteiger charge is -2.24. The maximum atomic E-state index is 9.26. The molecule has 134 valence electrons. The number of hydrogen-bond donors (Lipinski definition) is 3. The van der Waals surface area contributed by atoms with Gasteiger partial charge in [-0.3, -0.25) is 21.0 Å². The van der Waals surface area contributed by atoms with Crippen LogP contribution in [0.2, 0.25) is 0 Å². The average Bonchev–Trinajstić information content (AvgIpc) is 3.51. The van der Waals surface area contributed by atoms with Crippen molar-refractivity contribution in [3.05, 3.63) is 58.8 Å². The number of benzene rings is 1. The summed E-state index contributed by atoms with van der Waals surface area (Å²) < 4.78 is 0. The van der Waals surface area contributed by atoms with Gasteiger partial charge in [-0.05, 0) is 51.5 Å². The highest BCUT2D eigenvalue weighted by molar-refractivity contribution is 5.84. The van der Waals surface area contributed by atoms with Gasteiger partial charge in [0, 0.05) is 17.3 Å². The molecule has 4 nitrogen and oxygen atoms in total. The smallest absolute Gasteiger partial charge is 0.114 e. The van der Waals surface area contributed by atoms with Crippen molar-refractivity contribution < 1.29 is 5.21 Å². The first-order chi connectivity index (χ1) is 12.0. The molecule has 4 heteroatoms. The summed E-state index contributed by atoms with van der Waals surface area (Å²) in [6, 6.07) is 8.80. The first-order valence-electron chi connectivity index (χ1n) is 9.13. The van der Waals surface area contributed by atoms with E-state index in [0.717, 1.165) is 24.8 Å². The van der Waals surface area contributed by atoms with E-state index in [-0.39, 0.29) is 11.2 Å². The normalized spacial score (nSPS) is 28.3. The SMILES string of the molecule is CC=C(NO)C(/C=N\[C@]1(NC2(c3cccc(C)c3)CC2)CC1C)=C/C. The minimum absolute atomic E-state index is 0.0723. The maximum absolute atomic E-state index is 9.26. The molecule has 0 heterocycles. The first-order valence-corrected chi connectivity index (χ1v) is 9.13. The number of aliphatic imine (C=N–C) groups is 1. The van der Waals surface area contributed by atoms with Crippen LogP contribution in [0.3, 0.4) is 0 Å². The standard InChI is InChI=1S/C21H29N3O/c1-5-17(19(6-2)23-25)14-22-21(13-16(21)4)24-20(10-11-20)18-9-7-8-15(3)12-18/h5-9,12,14,16,23-25H,10-11,13H2,1-4H3/b17-5+,19-6?,22-14-/t16?,21-/m0/s1. The molecular formula is C21H29N3O. The second-order valence-corrected chi connectivity index (χ2v) is 7.42. The number of rotatable bonds is 7. The molecule has 2 atom stereocenters. The van der Waals surface area contributed by atoms with Gasteiger partial charge in [0.1, 0.15) is 5.66 Å². The Kier molecular flexibility index (Phi) is 4.85. The molecule has 25 heavy (non-hydrogen) atoms. The number of hydrogen-bond acceptors (Lipinski definition) is 4. The third-order valence-electron chi connectivity index (χ3n) is 5.51. The molecule has 2 aliphatic carbocycles. The van der Waals surface area contributed by atoms with E-state index >= 15 is 0 Å². The van der Waals surface area contributed by atoms with Crippen LogP contribution in [0, 0.1) is 12.8 Å². The van der Waals surface area contributed by atoms with E-state index < -0.39 is 0 Å². The summed E-state index contributed by atoms with van der Waals surface area (Å²) in [7, 11) is 0. The Bertz CT molecular complexity index is 730. The highest BCUT2D eigenvalue weighted by atomic mass is 16.5. The molecule has 1 aromatic rings. The van der Waals surface area contributed by atoms with Gasteiger partial charge in [0.05, 0.1) is 5.70 Å². The van der Waals surface area contributed by atoms with Crippen molar-refractivity contribution >= 4 is 6.21 Å². The van der Waals surface area contributed by atoms with Gasteiger partial charge in [0.25, 0.3) is 0 Å². The summed E-state index contributed by atoms with van der Waals surface area (Å²) in [6.07, 6.45) is 9.04. The van der Waals surface area contributed by atoms with E-state index in [2.05, 4.69) is 48.9 Å². The Morgan fingerprint density at radius 1 is 1.28 bits per heavy atom. The zero-order valence-electron chi connectivity index (χ0n) is 15.6. The van der Waals surface area contributed by atoms with Gasteiger partial charge < -0.3 is 0 Å². The molecule has 1 unspecified atom stereocenters. The highest BCUT2D eigenvalue weighted by Gasteiger charge is 2.58. The molecule has 0 aliphatic heterocycles. The maximum Gasteiger partial charge on any atom is 0.114 e. The summed E-state index contributed by atoms with van der Waals surface area (Å²) in [6.45, 7) is 8.23. The molecule has 0 radical (unpaired) electrons. The fourth-order valence-corrected chi connectivity index (χ4v) is 3.54. The molecule has 3 rings (SSSR count). The van der Waals surface area contributed by atoms with Gasteiger partial charge in [0.15, 0.2) is 0 Å². The third-order valence-corrected chi connectivity index (χ3v) is 5.51. The van der Waals surface area contributed by atoms with E-state index in [4.69, 9.17) is 4.99 Å². The van der Waals surface area contributed by atoms with Gasteiger partial charge in [-0.15, -0.1) is 0 Å². The van der Waals surface area contributed by atoms with Crippen LogP contribution in [0.5, 0.6) is 0 Å². The average molecular weight is 339 g/mol. The fraction of sp³-hybridized carbons (Fsp3) is 0.476. The quantitative estimate of drug-likeness (QED) is 0.396. The summed E-state index contributed by atoms with van der Waals surface area (Å²) in [5.41, 5.74) is 6.37.